The van der Waals surface area contributed by atoms with E-state index >= 15 is 0 Å². The monoisotopic (exact) mass is 284 g/mol. The first-order valence-electron chi connectivity index (χ1n) is 6.05. The van der Waals surface area contributed by atoms with Gasteiger partial charge in [0.15, 0.2) is 0 Å². The number of carboxylic acid groups (broad SMARTS) is 1. The van der Waals surface area contributed by atoms with Crippen LogP contribution < -0.4 is 0 Å². The van der Waals surface area contributed by atoms with Crippen LogP contribution >= 0.6 is 11.3 Å². The lowest BCUT2D eigenvalue weighted by atomic mass is 10.1. The molecule has 1 N–H and O–H groups in total. The van der Waals surface area contributed by atoms with Crippen LogP contribution in [0.5, 0.6) is 0 Å². The Hall–Kier alpha value is -1.47. The van der Waals surface area contributed by atoms with Crippen molar-refractivity contribution in [2.24, 2.45) is 5.92 Å². The number of amides is 1. The molecule has 1 aliphatic rings. The van der Waals surface area contributed by atoms with Crippen LogP contribution in [-0.2, 0) is 20.7 Å². The van der Waals surface area contributed by atoms with Gasteiger partial charge in [0.2, 0.25) is 5.91 Å². The molecule has 1 aliphatic heterocycles. The first-order valence-corrected chi connectivity index (χ1v) is 6.93. The standard InChI is InChI=1S/C12H16N2O4S/c1-8-13-10(7-19-8)4-11(15)14-2-3-18-6-9(5-14)12(16)17/h7,9H,2-6H2,1H3,(H,16,17). The van der Waals surface area contributed by atoms with Gasteiger partial charge in [0, 0.05) is 18.5 Å². The molecule has 0 aliphatic carbocycles. The lowest BCUT2D eigenvalue weighted by Crippen LogP contribution is -2.38. The van der Waals surface area contributed by atoms with Crippen LogP contribution in [0.4, 0.5) is 0 Å². The summed E-state index contributed by atoms with van der Waals surface area (Å²) in [5, 5.41) is 11.8. The lowest BCUT2D eigenvalue weighted by molar-refractivity contribution is -0.144. The molecule has 1 aromatic heterocycles. The van der Waals surface area contributed by atoms with Gasteiger partial charge in [-0.2, -0.15) is 0 Å². The molecule has 1 fully saturated rings. The molecular formula is C12H16N2O4S. The van der Waals surface area contributed by atoms with Crippen molar-refractivity contribution >= 4 is 23.2 Å². The van der Waals surface area contributed by atoms with Crippen molar-refractivity contribution in [3.05, 3.63) is 16.1 Å². The molecular weight excluding hydrogens is 268 g/mol. The molecule has 0 radical (unpaired) electrons. The van der Waals surface area contributed by atoms with E-state index in [-0.39, 0.29) is 25.5 Å². The van der Waals surface area contributed by atoms with Crippen molar-refractivity contribution < 1.29 is 19.4 Å². The summed E-state index contributed by atoms with van der Waals surface area (Å²) >= 11 is 1.50. The molecule has 2 heterocycles. The Morgan fingerprint density at radius 3 is 3.05 bits per heavy atom. The summed E-state index contributed by atoms with van der Waals surface area (Å²) in [7, 11) is 0. The van der Waals surface area contributed by atoms with E-state index in [0.717, 1.165) is 10.7 Å². The number of rotatable bonds is 3. The summed E-state index contributed by atoms with van der Waals surface area (Å²) in [5.74, 6) is -1.67. The predicted molar refractivity (Wildman–Crippen MR) is 69.1 cm³/mol. The van der Waals surface area contributed by atoms with Crippen molar-refractivity contribution in [1.82, 2.24) is 9.88 Å². The molecule has 19 heavy (non-hydrogen) atoms. The fourth-order valence-electron chi connectivity index (χ4n) is 1.94. The zero-order valence-corrected chi connectivity index (χ0v) is 11.5. The third kappa shape index (κ3) is 3.74. The molecule has 1 aromatic rings. The second kappa shape index (κ2) is 6.12. The molecule has 2 rings (SSSR count). The number of aromatic nitrogens is 1. The zero-order valence-electron chi connectivity index (χ0n) is 10.7. The third-order valence-electron chi connectivity index (χ3n) is 2.97. The maximum absolute atomic E-state index is 12.1. The Labute approximate surface area is 115 Å². The predicted octanol–water partition coefficient (Wildman–Crippen LogP) is 0.554. The van der Waals surface area contributed by atoms with E-state index in [0.29, 0.717) is 13.2 Å². The topological polar surface area (TPSA) is 79.7 Å². The summed E-state index contributed by atoms with van der Waals surface area (Å²) in [6.07, 6.45) is 0.219. The first kappa shape index (κ1) is 14.0. The maximum atomic E-state index is 12.1. The fraction of sp³-hybridized carbons (Fsp3) is 0.583. The summed E-state index contributed by atoms with van der Waals surface area (Å²) in [6, 6.07) is 0. The van der Waals surface area contributed by atoms with Gasteiger partial charge in [0.05, 0.1) is 36.3 Å². The van der Waals surface area contributed by atoms with E-state index in [9.17, 15) is 9.59 Å². The van der Waals surface area contributed by atoms with Crippen molar-refractivity contribution in [3.63, 3.8) is 0 Å². The van der Waals surface area contributed by atoms with Crippen LogP contribution in [0, 0.1) is 12.8 Å². The van der Waals surface area contributed by atoms with Crippen molar-refractivity contribution in [3.8, 4) is 0 Å². The molecule has 6 nitrogen and oxygen atoms in total. The molecule has 1 amide bonds. The van der Waals surface area contributed by atoms with E-state index in [1.807, 2.05) is 12.3 Å². The summed E-state index contributed by atoms with van der Waals surface area (Å²) < 4.78 is 5.21. The molecule has 1 unspecified atom stereocenters. The highest BCUT2D eigenvalue weighted by molar-refractivity contribution is 7.09. The minimum absolute atomic E-state index is 0.0953. The molecule has 104 valence electrons. The summed E-state index contributed by atoms with van der Waals surface area (Å²) in [6.45, 7) is 3.07. The number of carbonyl (C=O) groups excluding carboxylic acids is 1. The van der Waals surface area contributed by atoms with Gasteiger partial charge in [-0.05, 0) is 6.92 Å². The quantitative estimate of drug-likeness (QED) is 0.877. The number of aliphatic carboxylic acids is 1. The van der Waals surface area contributed by atoms with Crippen LogP contribution in [-0.4, -0.2) is 53.2 Å². The van der Waals surface area contributed by atoms with Gasteiger partial charge >= 0.3 is 5.97 Å². The van der Waals surface area contributed by atoms with Crippen molar-refractivity contribution in [2.75, 3.05) is 26.3 Å². The smallest absolute Gasteiger partial charge is 0.310 e. The number of nitrogens with zero attached hydrogens (tertiary/aromatic N) is 2. The van der Waals surface area contributed by atoms with Crippen LogP contribution in [0.25, 0.3) is 0 Å². The highest BCUT2D eigenvalue weighted by Gasteiger charge is 2.27. The van der Waals surface area contributed by atoms with Crippen LogP contribution in [0.1, 0.15) is 10.7 Å². The van der Waals surface area contributed by atoms with Crippen LogP contribution in [0.2, 0.25) is 0 Å². The van der Waals surface area contributed by atoms with E-state index in [2.05, 4.69) is 4.98 Å². The lowest BCUT2D eigenvalue weighted by Gasteiger charge is -2.21. The van der Waals surface area contributed by atoms with E-state index in [4.69, 9.17) is 9.84 Å². The van der Waals surface area contributed by atoms with Gasteiger partial charge in [-0.1, -0.05) is 0 Å². The Bertz CT molecular complexity index is 474. The number of hydrogen-bond donors (Lipinski definition) is 1. The molecule has 1 atom stereocenters. The first-order chi connectivity index (χ1) is 9.06. The van der Waals surface area contributed by atoms with Crippen LogP contribution in [0.15, 0.2) is 5.38 Å². The average Bonchev–Trinajstić information content (AvgIpc) is 2.65. The number of hydrogen-bond acceptors (Lipinski definition) is 5. The fourth-order valence-corrected chi connectivity index (χ4v) is 2.56. The Balaban J connectivity index is 1.98. The summed E-state index contributed by atoms with van der Waals surface area (Å²) in [4.78, 5) is 29.0. The minimum Gasteiger partial charge on any atom is -0.481 e. The number of thiazole rings is 1. The Kier molecular flexibility index (Phi) is 4.49. The number of ether oxygens (including phenoxy) is 1. The average molecular weight is 284 g/mol. The van der Waals surface area contributed by atoms with Gasteiger partial charge in [-0.25, -0.2) is 4.98 Å². The number of aryl methyl sites for hydroxylation is 1. The highest BCUT2D eigenvalue weighted by Crippen LogP contribution is 2.12. The van der Waals surface area contributed by atoms with E-state index in [1.165, 1.54) is 11.3 Å². The molecule has 0 aromatic carbocycles. The van der Waals surface area contributed by atoms with E-state index < -0.39 is 11.9 Å². The van der Waals surface area contributed by atoms with Gasteiger partial charge in [-0.15, -0.1) is 11.3 Å². The minimum atomic E-state index is -0.927. The molecule has 0 bridgehead atoms. The Morgan fingerprint density at radius 1 is 1.63 bits per heavy atom. The van der Waals surface area contributed by atoms with Crippen LogP contribution in [0.3, 0.4) is 0 Å². The van der Waals surface area contributed by atoms with Gasteiger partial charge in [-0.3, -0.25) is 9.59 Å². The maximum Gasteiger partial charge on any atom is 0.310 e. The number of carboxylic acids is 1. The van der Waals surface area contributed by atoms with Gasteiger partial charge in [0.1, 0.15) is 0 Å². The second-order valence-electron chi connectivity index (χ2n) is 4.48. The zero-order chi connectivity index (χ0) is 13.8. The van der Waals surface area contributed by atoms with Gasteiger partial charge in [0.25, 0.3) is 0 Å². The molecule has 0 spiro atoms. The molecule has 7 heteroatoms. The molecule has 0 saturated carbocycles. The third-order valence-corrected chi connectivity index (χ3v) is 3.79. The van der Waals surface area contributed by atoms with Gasteiger partial charge < -0.3 is 14.7 Å². The van der Waals surface area contributed by atoms with Crippen molar-refractivity contribution in [1.29, 1.82) is 0 Å². The largest absolute Gasteiger partial charge is 0.481 e. The normalized spacial score (nSPS) is 20.1. The molecule has 1 saturated heterocycles. The Morgan fingerprint density at radius 2 is 2.42 bits per heavy atom. The SMILES string of the molecule is Cc1nc(CC(=O)N2CCOCC(C(=O)O)C2)cs1. The highest BCUT2D eigenvalue weighted by atomic mass is 32.1. The van der Waals surface area contributed by atoms with E-state index in [1.54, 1.807) is 4.90 Å². The summed E-state index contributed by atoms with van der Waals surface area (Å²) in [5.41, 5.74) is 0.740. The second-order valence-corrected chi connectivity index (χ2v) is 5.55. The number of carbonyl (C=O) groups is 2. The van der Waals surface area contributed by atoms with Crippen molar-refractivity contribution in [2.45, 2.75) is 13.3 Å².